The van der Waals surface area contributed by atoms with E-state index in [4.69, 9.17) is 5.73 Å². The van der Waals surface area contributed by atoms with Crippen LogP contribution in [0.2, 0.25) is 0 Å². The number of primary amides is 1. The molecule has 27 heavy (non-hydrogen) atoms. The van der Waals surface area contributed by atoms with Crippen molar-refractivity contribution in [2.45, 2.75) is 25.9 Å². The summed E-state index contributed by atoms with van der Waals surface area (Å²) in [6.07, 6.45) is 0. The summed E-state index contributed by atoms with van der Waals surface area (Å²) >= 11 is 0. The van der Waals surface area contributed by atoms with Crippen LogP contribution >= 0.6 is 0 Å². The van der Waals surface area contributed by atoms with E-state index in [1.165, 1.54) is 18.2 Å². The summed E-state index contributed by atoms with van der Waals surface area (Å²) in [6.45, 7) is 7.22. The fraction of sp³-hybridized carbons (Fsp3) is 0.200. The quantitative estimate of drug-likeness (QED) is 0.651. The van der Waals surface area contributed by atoms with Crippen LogP contribution in [0.4, 0.5) is 14.5 Å². The number of rotatable bonds is 7. The molecule has 0 saturated carbocycles. The van der Waals surface area contributed by atoms with E-state index < -0.39 is 29.6 Å². The number of anilines is 1. The van der Waals surface area contributed by atoms with Gasteiger partial charge >= 0.3 is 0 Å². The number of hydrogen-bond acceptors (Lipinski definition) is 3. The van der Waals surface area contributed by atoms with Crippen molar-refractivity contribution in [2.24, 2.45) is 5.73 Å². The van der Waals surface area contributed by atoms with Crippen LogP contribution in [-0.2, 0) is 4.79 Å². The highest BCUT2D eigenvalue weighted by molar-refractivity contribution is 5.96. The third kappa shape index (κ3) is 5.21. The van der Waals surface area contributed by atoms with Gasteiger partial charge in [0.15, 0.2) is 11.6 Å². The number of halogens is 2. The number of nitrogens with two attached hydrogens (primary N) is 1. The molecule has 0 bridgehead atoms. The summed E-state index contributed by atoms with van der Waals surface area (Å²) in [5.74, 6) is -2.80. The molecular weight excluding hydrogens is 352 g/mol. The molecule has 0 saturated heterocycles. The van der Waals surface area contributed by atoms with Crippen molar-refractivity contribution < 1.29 is 18.4 Å². The number of carbonyl (C=O) groups excluding carboxylic acids is 2. The first-order valence-electron chi connectivity index (χ1n) is 8.26. The molecule has 0 aliphatic heterocycles. The zero-order valence-electron chi connectivity index (χ0n) is 15.1. The van der Waals surface area contributed by atoms with E-state index in [1.54, 1.807) is 26.0 Å². The Morgan fingerprint density at radius 2 is 1.70 bits per heavy atom. The second-order valence-electron chi connectivity index (χ2n) is 6.27. The normalized spacial score (nSPS) is 12.9. The zero-order chi connectivity index (χ0) is 20.1. The highest BCUT2D eigenvalue weighted by atomic mass is 19.2. The van der Waals surface area contributed by atoms with E-state index in [0.717, 1.165) is 12.1 Å². The summed E-state index contributed by atoms with van der Waals surface area (Å²) < 4.78 is 26.7. The van der Waals surface area contributed by atoms with Crippen LogP contribution in [0.3, 0.4) is 0 Å². The number of hydrogen-bond donors (Lipinski definition) is 3. The third-order valence-corrected chi connectivity index (χ3v) is 4.02. The van der Waals surface area contributed by atoms with E-state index in [9.17, 15) is 18.4 Å². The van der Waals surface area contributed by atoms with Gasteiger partial charge in [-0.05, 0) is 55.8 Å². The zero-order valence-corrected chi connectivity index (χ0v) is 15.1. The van der Waals surface area contributed by atoms with Gasteiger partial charge in [-0.15, -0.1) is 0 Å². The van der Waals surface area contributed by atoms with E-state index in [-0.39, 0.29) is 5.91 Å². The number of benzene rings is 2. The SMILES string of the molecule is C=C(C)C(NC(C)C(=O)Nc1ccc(C(N)=O)cc1)c1ccc(F)c(F)c1. The molecule has 4 N–H and O–H groups in total. The Morgan fingerprint density at radius 1 is 1.07 bits per heavy atom. The fourth-order valence-corrected chi connectivity index (χ4v) is 2.51. The predicted molar refractivity (Wildman–Crippen MR) is 100 cm³/mol. The van der Waals surface area contributed by atoms with Gasteiger partial charge < -0.3 is 11.1 Å². The summed E-state index contributed by atoms with van der Waals surface area (Å²) in [7, 11) is 0. The van der Waals surface area contributed by atoms with Crippen LogP contribution in [0.5, 0.6) is 0 Å². The topological polar surface area (TPSA) is 84.2 Å². The lowest BCUT2D eigenvalue weighted by atomic mass is 9.99. The van der Waals surface area contributed by atoms with Gasteiger partial charge in [0.05, 0.1) is 12.1 Å². The Bertz CT molecular complexity index is 866. The Labute approximate surface area is 156 Å². The summed E-state index contributed by atoms with van der Waals surface area (Å²) in [4.78, 5) is 23.5. The van der Waals surface area contributed by atoms with Crippen LogP contribution in [0.25, 0.3) is 0 Å². The van der Waals surface area contributed by atoms with Crippen LogP contribution in [0, 0.1) is 11.6 Å². The fourth-order valence-electron chi connectivity index (χ4n) is 2.51. The lowest BCUT2D eigenvalue weighted by Crippen LogP contribution is -2.40. The second-order valence-corrected chi connectivity index (χ2v) is 6.27. The Morgan fingerprint density at radius 3 is 2.22 bits per heavy atom. The molecule has 2 amide bonds. The molecule has 0 aromatic heterocycles. The first kappa shape index (κ1) is 20.3. The lowest BCUT2D eigenvalue weighted by molar-refractivity contribution is -0.117. The maximum Gasteiger partial charge on any atom is 0.248 e. The second kappa shape index (κ2) is 8.55. The minimum Gasteiger partial charge on any atom is -0.366 e. The van der Waals surface area contributed by atoms with Gasteiger partial charge in [0.25, 0.3) is 0 Å². The van der Waals surface area contributed by atoms with Gasteiger partial charge in [0.1, 0.15) is 0 Å². The molecule has 0 heterocycles. The van der Waals surface area contributed by atoms with Gasteiger partial charge in [-0.25, -0.2) is 8.78 Å². The molecule has 0 spiro atoms. The Hall–Kier alpha value is -3.06. The molecule has 2 aromatic carbocycles. The molecule has 0 radical (unpaired) electrons. The van der Waals surface area contributed by atoms with Gasteiger partial charge in [0.2, 0.25) is 11.8 Å². The van der Waals surface area contributed by atoms with E-state index >= 15 is 0 Å². The maximum atomic E-state index is 13.5. The molecular formula is C20H21F2N3O2. The average molecular weight is 373 g/mol. The van der Waals surface area contributed by atoms with Crippen molar-refractivity contribution >= 4 is 17.5 Å². The summed E-state index contributed by atoms with van der Waals surface area (Å²) in [6, 6.07) is 8.52. The molecule has 0 aliphatic rings. The van der Waals surface area contributed by atoms with Gasteiger partial charge in [0, 0.05) is 11.3 Å². The number of nitrogens with one attached hydrogen (secondary N) is 2. The first-order valence-corrected chi connectivity index (χ1v) is 8.26. The monoisotopic (exact) mass is 373 g/mol. The van der Waals surface area contributed by atoms with Crippen molar-refractivity contribution in [3.8, 4) is 0 Å². The minimum atomic E-state index is -0.966. The smallest absolute Gasteiger partial charge is 0.248 e. The van der Waals surface area contributed by atoms with Crippen molar-refractivity contribution in [1.29, 1.82) is 0 Å². The van der Waals surface area contributed by atoms with Crippen molar-refractivity contribution in [3.63, 3.8) is 0 Å². The molecule has 0 fully saturated rings. The van der Waals surface area contributed by atoms with E-state index in [0.29, 0.717) is 22.4 Å². The molecule has 2 rings (SSSR count). The maximum absolute atomic E-state index is 13.5. The molecule has 2 atom stereocenters. The van der Waals surface area contributed by atoms with E-state index in [1.807, 2.05) is 0 Å². The van der Waals surface area contributed by atoms with Gasteiger partial charge in [-0.2, -0.15) is 0 Å². The molecule has 2 unspecified atom stereocenters. The Balaban J connectivity index is 2.08. The number of amides is 2. The molecule has 142 valence electrons. The van der Waals surface area contributed by atoms with Crippen LogP contribution in [-0.4, -0.2) is 17.9 Å². The molecule has 2 aromatic rings. The van der Waals surface area contributed by atoms with E-state index in [2.05, 4.69) is 17.2 Å². The standard InChI is InChI=1S/C20H21F2N3O2/c1-11(2)18(14-6-9-16(21)17(22)10-14)24-12(3)20(27)25-15-7-4-13(5-8-15)19(23)26/h4-10,12,18,24H,1H2,2-3H3,(H2,23,26)(H,25,27). The van der Waals surface area contributed by atoms with Crippen molar-refractivity contribution in [1.82, 2.24) is 5.32 Å². The average Bonchev–Trinajstić information content (AvgIpc) is 2.62. The minimum absolute atomic E-state index is 0.333. The van der Waals surface area contributed by atoms with Crippen molar-refractivity contribution in [2.75, 3.05) is 5.32 Å². The summed E-state index contributed by atoms with van der Waals surface area (Å²) in [5.41, 5.74) is 7.12. The number of carbonyl (C=O) groups is 2. The van der Waals surface area contributed by atoms with Gasteiger partial charge in [-0.1, -0.05) is 18.2 Å². The third-order valence-electron chi connectivity index (χ3n) is 4.02. The lowest BCUT2D eigenvalue weighted by Gasteiger charge is -2.24. The van der Waals surface area contributed by atoms with Crippen LogP contribution in [0.15, 0.2) is 54.6 Å². The van der Waals surface area contributed by atoms with Crippen LogP contribution < -0.4 is 16.4 Å². The Kier molecular flexibility index (Phi) is 6.41. The first-order chi connectivity index (χ1) is 12.7. The molecule has 7 heteroatoms. The van der Waals surface area contributed by atoms with Crippen molar-refractivity contribution in [3.05, 3.63) is 77.4 Å². The van der Waals surface area contributed by atoms with Gasteiger partial charge in [-0.3, -0.25) is 14.9 Å². The largest absolute Gasteiger partial charge is 0.366 e. The highest BCUT2D eigenvalue weighted by Crippen LogP contribution is 2.23. The molecule has 0 aliphatic carbocycles. The summed E-state index contributed by atoms with van der Waals surface area (Å²) in [5, 5.41) is 5.76. The van der Waals surface area contributed by atoms with Crippen LogP contribution in [0.1, 0.15) is 35.8 Å². The predicted octanol–water partition coefficient (Wildman–Crippen LogP) is 3.30. The highest BCUT2D eigenvalue weighted by Gasteiger charge is 2.21. The molecule has 5 nitrogen and oxygen atoms in total.